The molecule has 27 heavy (non-hydrogen) atoms. The largest absolute Gasteiger partial charge is 0.465 e. The number of anilines is 2. The Morgan fingerprint density at radius 1 is 1.26 bits per heavy atom. The van der Waals surface area contributed by atoms with Crippen molar-refractivity contribution in [1.29, 1.82) is 5.26 Å². The fraction of sp³-hybridized carbons (Fsp3) is 0.105. The Balaban J connectivity index is 1.98. The lowest BCUT2D eigenvalue weighted by Gasteiger charge is -2.08. The highest BCUT2D eigenvalue weighted by Crippen LogP contribution is 2.24. The number of nitriles is 1. The standard InChI is InChI=1S/C19H17ClN4O3/c1-27-19(26)13-4-2-12(3-5-13)10-23-11-14(9-21)18(25)24-17-7-6-15(22)8-16(17)20/h2-8,11,23H,10,22H2,1H3,(H,24,25)/b14-11-. The van der Waals surface area contributed by atoms with E-state index in [9.17, 15) is 14.9 Å². The van der Waals surface area contributed by atoms with Crippen molar-refractivity contribution in [2.24, 2.45) is 0 Å². The van der Waals surface area contributed by atoms with E-state index in [1.807, 2.05) is 6.07 Å². The van der Waals surface area contributed by atoms with Crippen molar-refractivity contribution in [3.8, 4) is 6.07 Å². The van der Waals surface area contributed by atoms with Gasteiger partial charge in [0.1, 0.15) is 11.6 Å². The molecule has 2 rings (SSSR count). The Hall–Kier alpha value is -3.50. The second-order valence-electron chi connectivity index (χ2n) is 5.43. The van der Waals surface area contributed by atoms with Gasteiger partial charge in [-0.2, -0.15) is 5.26 Å². The Bertz CT molecular complexity index is 918. The van der Waals surface area contributed by atoms with Gasteiger partial charge in [0.25, 0.3) is 5.91 Å². The predicted molar refractivity (Wildman–Crippen MR) is 103 cm³/mol. The lowest BCUT2D eigenvalue weighted by Crippen LogP contribution is -2.17. The van der Waals surface area contributed by atoms with Crippen molar-refractivity contribution in [1.82, 2.24) is 5.32 Å². The SMILES string of the molecule is COC(=O)c1ccc(CN/C=C(/C#N)C(=O)Nc2ccc(N)cc2Cl)cc1. The van der Waals surface area contributed by atoms with E-state index in [0.717, 1.165) is 5.56 Å². The quantitative estimate of drug-likeness (QED) is 0.305. The molecule has 0 aliphatic heterocycles. The van der Waals surface area contributed by atoms with Crippen LogP contribution in [0.1, 0.15) is 15.9 Å². The minimum Gasteiger partial charge on any atom is -0.465 e. The summed E-state index contributed by atoms with van der Waals surface area (Å²) in [5, 5.41) is 14.9. The molecule has 0 radical (unpaired) electrons. The number of carbonyl (C=O) groups excluding carboxylic acids is 2. The Morgan fingerprint density at radius 2 is 1.96 bits per heavy atom. The number of hydrogen-bond acceptors (Lipinski definition) is 6. The number of amides is 1. The second kappa shape index (κ2) is 9.27. The van der Waals surface area contributed by atoms with Crippen LogP contribution in [0.25, 0.3) is 0 Å². The summed E-state index contributed by atoms with van der Waals surface area (Å²) in [6.07, 6.45) is 1.31. The highest BCUT2D eigenvalue weighted by molar-refractivity contribution is 6.34. The molecule has 0 saturated heterocycles. The zero-order valence-electron chi connectivity index (χ0n) is 14.5. The average molecular weight is 385 g/mol. The molecule has 0 spiro atoms. The molecule has 0 saturated carbocycles. The van der Waals surface area contributed by atoms with Crippen LogP contribution < -0.4 is 16.4 Å². The molecule has 0 aliphatic rings. The number of halogens is 1. The third kappa shape index (κ3) is 5.49. The van der Waals surface area contributed by atoms with Crippen molar-refractivity contribution in [2.75, 3.05) is 18.2 Å². The zero-order chi connectivity index (χ0) is 19.8. The van der Waals surface area contributed by atoms with Gasteiger partial charge in [-0.3, -0.25) is 4.79 Å². The van der Waals surface area contributed by atoms with E-state index in [-0.39, 0.29) is 10.6 Å². The molecule has 0 fully saturated rings. The van der Waals surface area contributed by atoms with Crippen LogP contribution >= 0.6 is 11.6 Å². The van der Waals surface area contributed by atoms with Gasteiger partial charge in [-0.25, -0.2) is 4.79 Å². The number of ether oxygens (including phenoxy) is 1. The van der Waals surface area contributed by atoms with Gasteiger partial charge in [-0.05, 0) is 35.9 Å². The lowest BCUT2D eigenvalue weighted by molar-refractivity contribution is -0.112. The summed E-state index contributed by atoms with van der Waals surface area (Å²) < 4.78 is 4.63. The first-order chi connectivity index (χ1) is 12.9. The minimum atomic E-state index is -0.599. The third-order valence-electron chi connectivity index (χ3n) is 3.53. The molecule has 138 valence electrons. The van der Waals surface area contributed by atoms with Crippen molar-refractivity contribution in [3.05, 3.63) is 70.4 Å². The fourth-order valence-corrected chi connectivity index (χ4v) is 2.35. The van der Waals surface area contributed by atoms with Crippen LogP contribution in [0.5, 0.6) is 0 Å². The highest BCUT2D eigenvalue weighted by Gasteiger charge is 2.11. The van der Waals surface area contributed by atoms with Crippen LogP contribution in [0.15, 0.2) is 54.2 Å². The minimum absolute atomic E-state index is 0.117. The Kier molecular flexibility index (Phi) is 6.80. The van der Waals surface area contributed by atoms with Gasteiger partial charge in [0.05, 0.1) is 23.4 Å². The second-order valence-corrected chi connectivity index (χ2v) is 5.84. The molecule has 1 amide bonds. The number of esters is 1. The number of nitrogen functional groups attached to an aromatic ring is 1. The number of nitrogens with zero attached hydrogens (tertiary/aromatic N) is 1. The molecule has 0 heterocycles. The number of hydrogen-bond donors (Lipinski definition) is 3. The first-order valence-corrected chi connectivity index (χ1v) is 8.19. The number of methoxy groups -OCH3 is 1. The molecule has 2 aromatic carbocycles. The predicted octanol–water partition coefficient (Wildman–Crippen LogP) is 2.84. The molecule has 0 atom stereocenters. The first-order valence-electron chi connectivity index (χ1n) is 7.82. The fourth-order valence-electron chi connectivity index (χ4n) is 2.12. The number of carbonyl (C=O) groups is 2. The van der Waals surface area contributed by atoms with Gasteiger partial charge in [-0.1, -0.05) is 23.7 Å². The molecule has 4 N–H and O–H groups in total. The van der Waals surface area contributed by atoms with Crippen LogP contribution in [0.2, 0.25) is 5.02 Å². The van der Waals surface area contributed by atoms with E-state index in [4.69, 9.17) is 17.3 Å². The Morgan fingerprint density at radius 3 is 2.56 bits per heavy atom. The first kappa shape index (κ1) is 19.8. The molecule has 0 bridgehead atoms. The van der Waals surface area contributed by atoms with Crippen LogP contribution in [0, 0.1) is 11.3 Å². The van der Waals surface area contributed by atoms with Gasteiger partial charge < -0.3 is 21.1 Å². The number of rotatable bonds is 6. The summed E-state index contributed by atoms with van der Waals surface area (Å²) in [6.45, 7) is 0.364. The molecule has 0 aliphatic carbocycles. The van der Waals surface area contributed by atoms with Crippen molar-refractivity contribution < 1.29 is 14.3 Å². The van der Waals surface area contributed by atoms with Gasteiger partial charge in [-0.15, -0.1) is 0 Å². The van der Waals surface area contributed by atoms with Gasteiger partial charge in [0, 0.05) is 18.4 Å². The normalized spacial score (nSPS) is 10.6. The van der Waals surface area contributed by atoms with Crippen molar-refractivity contribution >= 4 is 34.9 Å². The van der Waals surface area contributed by atoms with E-state index < -0.39 is 11.9 Å². The number of nitrogens with one attached hydrogen (secondary N) is 2. The van der Waals surface area contributed by atoms with E-state index in [0.29, 0.717) is 23.5 Å². The van der Waals surface area contributed by atoms with Gasteiger partial charge >= 0.3 is 5.97 Å². The number of benzene rings is 2. The topological polar surface area (TPSA) is 117 Å². The van der Waals surface area contributed by atoms with Crippen molar-refractivity contribution in [3.63, 3.8) is 0 Å². The zero-order valence-corrected chi connectivity index (χ0v) is 15.2. The maximum absolute atomic E-state index is 12.2. The summed E-state index contributed by atoms with van der Waals surface area (Å²) in [7, 11) is 1.31. The smallest absolute Gasteiger partial charge is 0.337 e. The summed E-state index contributed by atoms with van der Waals surface area (Å²) in [5.41, 5.74) is 7.61. The lowest BCUT2D eigenvalue weighted by atomic mass is 10.1. The van der Waals surface area contributed by atoms with Gasteiger partial charge in [0.2, 0.25) is 0 Å². The molecule has 8 heteroatoms. The van der Waals surface area contributed by atoms with Crippen LogP contribution in [0.4, 0.5) is 11.4 Å². The molecule has 0 unspecified atom stereocenters. The van der Waals surface area contributed by atoms with Crippen LogP contribution in [-0.2, 0) is 16.1 Å². The maximum atomic E-state index is 12.2. The molecule has 7 nitrogen and oxygen atoms in total. The van der Waals surface area contributed by atoms with Crippen molar-refractivity contribution in [2.45, 2.75) is 6.54 Å². The number of nitrogens with two attached hydrogens (primary N) is 1. The molecule has 2 aromatic rings. The van der Waals surface area contributed by atoms with E-state index in [1.165, 1.54) is 19.4 Å². The summed E-state index contributed by atoms with van der Waals surface area (Å²) in [5.74, 6) is -1.02. The molecule has 0 aromatic heterocycles. The van der Waals surface area contributed by atoms with E-state index >= 15 is 0 Å². The van der Waals surface area contributed by atoms with Gasteiger partial charge in [0.15, 0.2) is 0 Å². The average Bonchev–Trinajstić information content (AvgIpc) is 2.67. The summed E-state index contributed by atoms with van der Waals surface area (Å²) in [4.78, 5) is 23.6. The molecular weight excluding hydrogens is 368 g/mol. The monoisotopic (exact) mass is 384 g/mol. The highest BCUT2D eigenvalue weighted by atomic mass is 35.5. The summed E-state index contributed by atoms with van der Waals surface area (Å²) >= 11 is 6.01. The third-order valence-corrected chi connectivity index (χ3v) is 3.85. The summed E-state index contributed by atoms with van der Waals surface area (Å²) in [6, 6.07) is 13.2. The van der Waals surface area contributed by atoms with E-state index in [1.54, 1.807) is 36.4 Å². The van der Waals surface area contributed by atoms with Crippen LogP contribution in [0.3, 0.4) is 0 Å². The maximum Gasteiger partial charge on any atom is 0.337 e. The Labute approximate surface area is 161 Å². The van der Waals surface area contributed by atoms with Crippen LogP contribution in [-0.4, -0.2) is 19.0 Å². The molecular formula is C19H17ClN4O3. The van der Waals surface area contributed by atoms with E-state index in [2.05, 4.69) is 15.4 Å².